The molecular formula is C9H4ClF6NS. The van der Waals surface area contributed by atoms with Crippen molar-refractivity contribution < 1.29 is 26.3 Å². The third kappa shape index (κ3) is 4.02. The van der Waals surface area contributed by atoms with Gasteiger partial charge in [0, 0.05) is 5.69 Å². The molecular weight excluding hydrogens is 304 g/mol. The van der Waals surface area contributed by atoms with Crippen molar-refractivity contribution >= 4 is 34.0 Å². The Kier molecular flexibility index (Phi) is 4.12. The van der Waals surface area contributed by atoms with Crippen molar-refractivity contribution in [2.75, 3.05) is 5.32 Å². The van der Waals surface area contributed by atoms with Crippen LogP contribution in [0.15, 0.2) is 18.2 Å². The van der Waals surface area contributed by atoms with Gasteiger partial charge in [-0.1, -0.05) is 11.6 Å². The second kappa shape index (κ2) is 4.93. The van der Waals surface area contributed by atoms with Gasteiger partial charge < -0.3 is 5.32 Å². The molecule has 0 unspecified atom stereocenters. The Morgan fingerprint density at radius 2 is 1.33 bits per heavy atom. The van der Waals surface area contributed by atoms with Crippen LogP contribution in [0.2, 0.25) is 0 Å². The Labute approximate surface area is 108 Å². The van der Waals surface area contributed by atoms with Gasteiger partial charge in [-0.3, -0.25) is 0 Å². The molecule has 100 valence electrons. The second-order valence-corrected chi connectivity index (χ2v) is 4.20. The van der Waals surface area contributed by atoms with Crippen molar-refractivity contribution in [3.05, 3.63) is 29.3 Å². The van der Waals surface area contributed by atoms with E-state index < -0.39 is 33.6 Å². The van der Waals surface area contributed by atoms with Crippen molar-refractivity contribution in [2.24, 2.45) is 0 Å². The average Bonchev–Trinajstić information content (AvgIpc) is 2.13. The fraction of sp³-hybridized carbons (Fsp3) is 0.222. The maximum absolute atomic E-state index is 12.4. The molecule has 1 rings (SSSR count). The fourth-order valence-electron chi connectivity index (χ4n) is 1.14. The van der Waals surface area contributed by atoms with Gasteiger partial charge in [-0.25, -0.2) is 0 Å². The van der Waals surface area contributed by atoms with Crippen LogP contribution in [0.4, 0.5) is 32.0 Å². The molecule has 9 heteroatoms. The quantitative estimate of drug-likeness (QED) is 0.350. The lowest BCUT2D eigenvalue weighted by atomic mass is 10.1. The first-order chi connectivity index (χ1) is 8.00. The number of anilines is 1. The molecule has 0 aromatic heterocycles. The highest BCUT2D eigenvalue weighted by atomic mass is 35.5. The summed E-state index contributed by atoms with van der Waals surface area (Å²) in [4.78, 5) is 0. The molecule has 0 spiro atoms. The fourth-order valence-corrected chi connectivity index (χ4v) is 1.37. The Bertz CT molecular complexity index is 435. The molecule has 0 fully saturated rings. The Morgan fingerprint density at radius 1 is 0.944 bits per heavy atom. The zero-order valence-corrected chi connectivity index (χ0v) is 9.86. The predicted molar refractivity (Wildman–Crippen MR) is 58.5 cm³/mol. The van der Waals surface area contributed by atoms with Gasteiger partial charge in [0.25, 0.3) is 0 Å². The Hall–Kier alpha value is -1.02. The first kappa shape index (κ1) is 15.0. The van der Waals surface area contributed by atoms with Crippen molar-refractivity contribution in [3.63, 3.8) is 0 Å². The van der Waals surface area contributed by atoms with Crippen molar-refractivity contribution in [1.29, 1.82) is 0 Å². The number of alkyl halides is 6. The number of hydrogen-bond acceptors (Lipinski definition) is 1. The summed E-state index contributed by atoms with van der Waals surface area (Å²) in [5, 5.41) is 2.03. The van der Waals surface area contributed by atoms with E-state index in [0.717, 1.165) is 0 Å². The van der Waals surface area contributed by atoms with Crippen molar-refractivity contribution in [3.8, 4) is 0 Å². The maximum atomic E-state index is 12.4. The molecule has 1 aromatic rings. The number of nitrogens with one attached hydrogen (secondary N) is 1. The number of halogens is 7. The number of benzene rings is 1. The molecule has 0 saturated heterocycles. The van der Waals surface area contributed by atoms with E-state index in [-0.39, 0.29) is 6.07 Å². The highest BCUT2D eigenvalue weighted by Gasteiger charge is 2.36. The molecule has 0 aliphatic heterocycles. The summed E-state index contributed by atoms with van der Waals surface area (Å²) in [6.45, 7) is 0. The van der Waals surface area contributed by atoms with Gasteiger partial charge in [-0.05, 0) is 30.4 Å². The SMILES string of the molecule is FC(F)(F)c1cc(NC(=S)Cl)cc(C(F)(F)F)c1. The summed E-state index contributed by atoms with van der Waals surface area (Å²) in [5.41, 5.74) is -3.35. The van der Waals surface area contributed by atoms with Gasteiger partial charge in [-0.2, -0.15) is 26.3 Å². The molecule has 0 radical (unpaired) electrons. The lowest BCUT2D eigenvalue weighted by Crippen LogP contribution is -2.12. The van der Waals surface area contributed by atoms with Crippen molar-refractivity contribution in [1.82, 2.24) is 0 Å². The van der Waals surface area contributed by atoms with Crippen LogP contribution >= 0.6 is 23.8 Å². The zero-order valence-electron chi connectivity index (χ0n) is 8.29. The summed E-state index contributed by atoms with van der Waals surface area (Å²) in [6.07, 6.45) is -9.79. The molecule has 18 heavy (non-hydrogen) atoms. The molecule has 0 heterocycles. The minimum atomic E-state index is -4.90. The summed E-state index contributed by atoms with van der Waals surface area (Å²) in [7, 11) is 0. The predicted octanol–water partition coefficient (Wildman–Crippen LogP) is 4.66. The molecule has 0 amide bonds. The minimum Gasteiger partial charge on any atom is -0.337 e. The van der Waals surface area contributed by atoms with E-state index in [0.29, 0.717) is 12.1 Å². The first-order valence-corrected chi connectivity index (χ1v) is 5.05. The van der Waals surface area contributed by atoms with E-state index >= 15 is 0 Å². The lowest BCUT2D eigenvalue weighted by molar-refractivity contribution is -0.143. The standard InChI is InChI=1S/C9H4ClF6NS/c10-7(18)17-6-2-4(8(11,12)13)1-5(3-6)9(14,15)16/h1-3H,(H,17,18). The van der Waals surface area contributed by atoms with Gasteiger partial charge in [0.2, 0.25) is 0 Å². The first-order valence-electron chi connectivity index (χ1n) is 4.26. The molecule has 1 nitrogen and oxygen atoms in total. The van der Waals surface area contributed by atoms with Crippen LogP contribution in [-0.2, 0) is 12.4 Å². The Morgan fingerprint density at radius 3 is 1.61 bits per heavy atom. The zero-order chi connectivity index (χ0) is 14.1. The van der Waals surface area contributed by atoms with Crippen LogP contribution in [0, 0.1) is 0 Å². The molecule has 1 N–H and O–H groups in total. The largest absolute Gasteiger partial charge is 0.416 e. The lowest BCUT2D eigenvalue weighted by Gasteiger charge is -2.14. The average molecular weight is 308 g/mol. The third-order valence-electron chi connectivity index (χ3n) is 1.83. The Balaban J connectivity index is 3.34. The summed E-state index contributed by atoms with van der Waals surface area (Å²) in [6, 6.07) is 0.996. The smallest absolute Gasteiger partial charge is 0.337 e. The summed E-state index contributed by atoms with van der Waals surface area (Å²) >= 11 is 9.55. The minimum absolute atomic E-state index is 0.0163. The van der Waals surface area contributed by atoms with E-state index in [1.54, 1.807) is 0 Å². The molecule has 1 aromatic carbocycles. The van der Waals surface area contributed by atoms with Gasteiger partial charge in [-0.15, -0.1) is 0 Å². The molecule has 0 saturated carbocycles. The molecule has 0 atom stereocenters. The molecule has 0 aliphatic carbocycles. The van der Waals surface area contributed by atoms with E-state index in [1.165, 1.54) is 0 Å². The van der Waals surface area contributed by atoms with Crippen LogP contribution in [0.25, 0.3) is 0 Å². The topological polar surface area (TPSA) is 12.0 Å². The normalized spacial score (nSPS) is 12.4. The third-order valence-corrected chi connectivity index (χ3v) is 2.03. The van der Waals surface area contributed by atoms with Crippen LogP contribution in [-0.4, -0.2) is 4.45 Å². The monoisotopic (exact) mass is 307 g/mol. The van der Waals surface area contributed by atoms with Gasteiger partial charge >= 0.3 is 12.4 Å². The number of thiocarbonyl (C=S) groups is 1. The summed E-state index contributed by atoms with van der Waals surface area (Å²) < 4.78 is 74.0. The number of hydrogen-bond donors (Lipinski definition) is 1. The van der Waals surface area contributed by atoms with E-state index in [9.17, 15) is 26.3 Å². The van der Waals surface area contributed by atoms with Gasteiger partial charge in [0.1, 0.15) is 0 Å². The highest BCUT2D eigenvalue weighted by molar-refractivity contribution is 7.83. The maximum Gasteiger partial charge on any atom is 0.416 e. The highest BCUT2D eigenvalue weighted by Crippen LogP contribution is 2.37. The van der Waals surface area contributed by atoms with Crippen LogP contribution < -0.4 is 5.32 Å². The number of rotatable bonds is 1. The summed E-state index contributed by atoms with van der Waals surface area (Å²) in [5.74, 6) is 0. The van der Waals surface area contributed by atoms with E-state index in [4.69, 9.17) is 11.6 Å². The van der Waals surface area contributed by atoms with Crippen LogP contribution in [0.3, 0.4) is 0 Å². The van der Waals surface area contributed by atoms with Crippen LogP contribution in [0.5, 0.6) is 0 Å². The molecule has 0 aliphatic rings. The van der Waals surface area contributed by atoms with Gasteiger partial charge in [0.05, 0.1) is 11.1 Å². The molecule has 0 bridgehead atoms. The van der Waals surface area contributed by atoms with Crippen molar-refractivity contribution in [2.45, 2.75) is 12.4 Å². The van der Waals surface area contributed by atoms with E-state index in [2.05, 4.69) is 12.2 Å². The second-order valence-electron chi connectivity index (χ2n) is 3.19. The van der Waals surface area contributed by atoms with E-state index in [1.807, 2.05) is 5.32 Å². The van der Waals surface area contributed by atoms with Gasteiger partial charge in [0.15, 0.2) is 4.45 Å². The van der Waals surface area contributed by atoms with Crippen LogP contribution in [0.1, 0.15) is 11.1 Å².